The predicted octanol–water partition coefficient (Wildman–Crippen LogP) is -4.96. The number of phenols is 1. The molecule has 0 fully saturated rings. The summed E-state index contributed by atoms with van der Waals surface area (Å²) >= 11 is 0. The van der Waals surface area contributed by atoms with Crippen LogP contribution < -0.4 is 43.8 Å². The molecule has 5 atom stereocenters. The van der Waals surface area contributed by atoms with Gasteiger partial charge in [0.15, 0.2) is 0 Å². The third-order valence-electron chi connectivity index (χ3n) is 6.27. The molecule has 20 heteroatoms. The van der Waals surface area contributed by atoms with E-state index in [4.69, 9.17) is 17.2 Å². The fourth-order valence-corrected chi connectivity index (χ4v) is 3.81. The molecular formula is C27H38N8O12. The van der Waals surface area contributed by atoms with Crippen molar-refractivity contribution in [2.24, 2.45) is 17.2 Å². The van der Waals surface area contributed by atoms with E-state index in [9.17, 15) is 58.5 Å². The highest BCUT2D eigenvalue weighted by molar-refractivity contribution is 5.97. The number of carbonyl (C=O) groups is 9. The third kappa shape index (κ3) is 15.2. The quantitative estimate of drug-likeness (QED) is 0.0622. The minimum absolute atomic E-state index is 0.0775. The average Bonchev–Trinajstić information content (AvgIpc) is 2.97. The number of phenolic OH excluding ortho intramolecular Hbond substituents is 1. The van der Waals surface area contributed by atoms with Crippen LogP contribution >= 0.6 is 0 Å². The maximum absolute atomic E-state index is 13.0. The molecule has 0 spiro atoms. The van der Waals surface area contributed by atoms with Gasteiger partial charge in [-0.25, -0.2) is 4.79 Å². The summed E-state index contributed by atoms with van der Waals surface area (Å²) in [6, 6.07) is -2.05. The fraction of sp³-hybridized carbons (Fsp3) is 0.444. The van der Waals surface area contributed by atoms with Crippen LogP contribution in [-0.4, -0.2) is 105 Å². The lowest BCUT2D eigenvalue weighted by Crippen LogP contribution is -2.57. The Morgan fingerprint density at radius 3 is 1.83 bits per heavy atom. The second-order valence-corrected chi connectivity index (χ2v) is 10.3. The Kier molecular flexibility index (Phi) is 15.8. The Morgan fingerprint density at radius 2 is 1.30 bits per heavy atom. The number of carboxylic acids is 2. The molecule has 7 amide bonds. The average molecular weight is 667 g/mol. The highest BCUT2D eigenvalue weighted by Crippen LogP contribution is 2.12. The Labute approximate surface area is 267 Å². The number of aromatic hydroxyl groups is 1. The first-order valence-corrected chi connectivity index (χ1v) is 13.9. The Morgan fingerprint density at radius 1 is 0.723 bits per heavy atom. The van der Waals surface area contributed by atoms with E-state index in [0.29, 0.717) is 5.56 Å². The SMILES string of the molecule is CC(NC(=O)C(N)CC(N)=O)C(=O)NCC(=O)NC(CC(=O)O)C(=O)NC(CCC(N)=O)C(=O)NC(Cc1ccc(O)cc1)C(=O)O. The van der Waals surface area contributed by atoms with Crippen LogP contribution in [0.25, 0.3) is 0 Å². The lowest BCUT2D eigenvalue weighted by Gasteiger charge is -2.24. The zero-order valence-corrected chi connectivity index (χ0v) is 25.2. The molecule has 1 aromatic rings. The van der Waals surface area contributed by atoms with E-state index >= 15 is 0 Å². The van der Waals surface area contributed by atoms with Gasteiger partial charge in [-0.1, -0.05) is 12.1 Å². The Balaban J connectivity index is 2.94. The molecule has 14 N–H and O–H groups in total. The number of carboxylic acid groups (broad SMARTS) is 2. The number of aliphatic carboxylic acids is 2. The number of amides is 7. The molecule has 0 saturated carbocycles. The smallest absolute Gasteiger partial charge is 0.326 e. The summed E-state index contributed by atoms with van der Waals surface area (Å²) in [6.45, 7) is 0.443. The van der Waals surface area contributed by atoms with Gasteiger partial charge < -0.3 is 59.1 Å². The van der Waals surface area contributed by atoms with Gasteiger partial charge in [-0.2, -0.15) is 0 Å². The largest absolute Gasteiger partial charge is 0.508 e. The second kappa shape index (κ2) is 18.9. The molecule has 0 heterocycles. The van der Waals surface area contributed by atoms with Crippen molar-refractivity contribution in [2.45, 2.75) is 69.2 Å². The first kappa shape index (κ1) is 39.2. The number of nitrogens with one attached hydrogen (secondary N) is 5. The highest BCUT2D eigenvalue weighted by Gasteiger charge is 2.31. The topological polar surface area (TPSA) is 353 Å². The Hall–Kier alpha value is -5.79. The van der Waals surface area contributed by atoms with E-state index in [1.807, 2.05) is 0 Å². The summed E-state index contributed by atoms with van der Waals surface area (Å²) in [5.41, 5.74) is 16.0. The number of benzene rings is 1. The van der Waals surface area contributed by atoms with Crippen molar-refractivity contribution in [3.8, 4) is 5.75 Å². The molecule has 20 nitrogen and oxygen atoms in total. The molecule has 47 heavy (non-hydrogen) atoms. The molecular weight excluding hydrogens is 628 g/mol. The van der Waals surface area contributed by atoms with Crippen molar-refractivity contribution in [2.75, 3.05) is 6.54 Å². The predicted molar refractivity (Wildman–Crippen MR) is 158 cm³/mol. The summed E-state index contributed by atoms with van der Waals surface area (Å²) < 4.78 is 0. The summed E-state index contributed by atoms with van der Waals surface area (Å²) in [7, 11) is 0. The van der Waals surface area contributed by atoms with Gasteiger partial charge in [0.25, 0.3) is 0 Å². The van der Waals surface area contributed by atoms with Crippen LogP contribution in [0.4, 0.5) is 0 Å². The van der Waals surface area contributed by atoms with Crippen LogP contribution in [-0.2, 0) is 49.6 Å². The van der Waals surface area contributed by atoms with Crippen LogP contribution in [0.3, 0.4) is 0 Å². The van der Waals surface area contributed by atoms with Crippen molar-refractivity contribution >= 4 is 53.3 Å². The number of nitrogens with two attached hydrogens (primary N) is 3. The van der Waals surface area contributed by atoms with Gasteiger partial charge in [0.05, 0.1) is 25.4 Å². The van der Waals surface area contributed by atoms with Crippen molar-refractivity contribution in [3.05, 3.63) is 29.8 Å². The molecule has 0 aliphatic rings. The van der Waals surface area contributed by atoms with Gasteiger partial charge in [-0.05, 0) is 31.0 Å². The minimum atomic E-state index is -1.81. The van der Waals surface area contributed by atoms with Crippen molar-refractivity contribution in [1.82, 2.24) is 26.6 Å². The molecule has 0 radical (unpaired) electrons. The standard InChI is InChI=1S/C27H38N8O12/c1-12(32-24(43)15(28)9-20(30)38)23(42)31-11-21(39)33-17(10-22(40)41)26(45)34-16(6-7-19(29)37)25(44)35-18(27(46)47)8-13-2-4-14(36)5-3-13/h2-5,12,15-18,36H,6-11,28H2,1H3,(H2,29,37)(H2,30,38)(H,31,42)(H,32,43)(H,33,39)(H,34,45)(H,35,44)(H,40,41)(H,46,47). The first-order chi connectivity index (χ1) is 21.9. The number of hydrogen-bond acceptors (Lipinski definition) is 11. The molecule has 1 rings (SSSR count). The molecule has 0 aliphatic heterocycles. The normalized spacial score (nSPS) is 13.7. The first-order valence-electron chi connectivity index (χ1n) is 13.9. The van der Waals surface area contributed by atoms with Crippen LogP contribution in [0.1, 0.15) is 38.2 Å². The van der Waals surface area contributed by atoms with Crippen LogP contribution in [0.2, 0.25) is 0 Å². The number of carbonyl (C=O) groups excluding carboxylic acids is 7. The molecule has 258 valence electrons. The van der Waals surface area contributed by atoms with E-state index in [0.717, 1.165) is 0 Å². The fourth-order valence-electron chi connectivity index (χ4n) is 3.81. The van der Waals surface area contributed by atoms with E-state index in [-0.39, 0.29) is 12.2 Å². The third-order valence-corrected chi connectivity index (χ3v) is 6.27. The van der Waals surface area contributed by atoms with E-state index < -0.39 is 116 Å². The van der Waals surface area contributed by atoms with Crippen LogP contribution in [0, 0.1) is 0 Å². The van der Waals surface area contributed by atoms with Crippen molar-refractivity contribution in [3.63, 3.8) is 0 Å². The number of primary amides is 2. The monoisotopic (exact) mass is 666 g/mol. The van der Waals surface area contributed by atoms with Crippen molar-refractivity contribution < 1.29 is 58.5 Å². The number of hydrogen-bond donors (Lipinski definition) is 11. The lowest BCUT2D eigenvalue weighted by molar-refractivity contribution is -0.143. The Bertz CT molecular complexity index is 1350. The van der Waals surface area contributed by atoms with Crippen molar-refractivity contribution in [1.29, 1.82) is 0 Å². The van der Waals surface area contributed by atoms with E-state index in [1.54, 1.807) is 0 Å². The van der Waals surface area contributed by atoms with Gasteiger partial charge in [0.1, 0.15) is 29.9 Å². The molecule has 0 aliphatic carbocycles. The molecule has 5 unspecified atom stereocenters. The summed E-state index contributed by atoms with van der Waals surface area (Å²) in [4.78, 5) is 108. The molecule has 0 bridgehead atoms. The zero-order chi connectivity index (χ0) is 35.8. The lowest BCUT2D eigenvalue weighted by atomic mass is 10.0. The maximum Gasteiger partial charge on any atom is 0.326 e. The minimum Gasteiger partial charge on any atom is -0.508 e. The summed E-state index contributed by atoms with van der Waals surface area (Å²) in [5.74, 6) is -9.88. The highest BCUT2D eigenvalue weighted by atomic mass is 16.4. The summed E-state index contributed by atoms with van der Waals surface area (Å²) in [5, 5.41) is 39.2. The molecule has 0 aromatic heterocycles. The van der Waals surface area contributed by atoms with Gasteiger partial charge in [0.2, 0.25) is 41.4 Å². The van der Waals surface area contributed by atoms with Crippen LogP contribution in [0.5, 0.6) is 5.75 Å². The van der Waals surface area contributed by atoms with Crippen LogP contribution in [0.15, 0.2) is 24.3 Å². The molecule has 0 saturated heterocycles. The maximum atomic E-state index is 13.0. The number of rotatable bonds is 20. The van der Waals surface area contributed by atoms with E-state index in [1.165, 1.54) is 31.2 Å². The van der Waals surface area contributed by atoms with Gasteiger partial charge in [-0.3, -0.25) is 38.4 Å². The van der Waals surface area contributed by atoms with Gasteiger partial charge >= 0.3 is 11.9 Å². The van der Waals surface area contributed by atoms with Gasteiger partial charge in [-0.15, -0.1) is 0 Å². The van der Waals surface area contributed by atoms with Gasteiger partial charge in [0, 0.05) is 12.8 Å². The zero-order valence-electron chi connectivity index (χ0n) is 25.2. The summed E-state index contributed by atoms with van der Waals surface area (Å²) in [6.07, 6.45) is -2.57. The van der Waals surface area contributed by atoms with E-state index in [2.05, 4.69) is 26.6 Å². The second-order valence-electron chi connectivity index (χ2n) is 10.3. The molecule has 1 aromatic carbocycles.